The van der Waals surface area contributed by atoms with E-state index in [1.807, 2.05) is 0 Å². The minimum absolute atomic E-state index is 0.0122. The van der Waals surface area contributed by atoms with Crippen LogP contribution in [0.4, 0.5) is 13.2 Å². The summed E-state index contributed by atoms with van der Waals surface area (Å²) in [6, 6.07) is 1.41. The summed E-state index contributed by atoms with van der Waals surface area (Å²) in [7, 11) is 0. The molecular weight excluding hydrogens is 297 g/mol. The largest absolute Gasteiger partial charge is 0.381 e. The summed E-state index contributed by atoms with van der Waals surface area (Å²) in [5.74, 6) is -2.59. The van der Waals surface area contributed by atoms with Gasteiger partial charge in [-0.2, -0.15) is 0 Å². The van der Waals surface area contributed by atoms with E-state index in [1.54, 1.807) is 0 Å². The minimum Gasteiger partial charge on any atom is -0.381 e. The highest BCUT2D eigenvalue weighted by Gasteiger charge is 2.28. The second-order valence-corrected chi connectivity index (χ2v) is 5.15. The van der Waals surface area contributed by atoms with Crippen LogP contribution in [-0.4, -0.2) is 13.2 Å². The summed E-state index contributed by atoms with van der Waals surface area (Å²) in [5, 5.41) is 0. The maximum absolute atomic E-state index is 13.6. The number of rotatable bonds is 2. The van der Waals surface area contributed by atoms with Crippen molar-refractivity contribution in [1.82, 2.24) is 0 Å². The van der Waals surface area contributed by atoms with E-state index in [2.05, 4.69) is 15.9 Å². The molecule has 0 bridgehead atoms. The number of hydrogen-bond donors (Lipinski definition) is 0. The summed E-state index contributed by atoms with van der Waals surface area (Å²) in [6.45, 7) is 1.15. The van der Waals surface area contributed by atoms with Gasteiger partial charge in [0.15, 0.2) is 0 Å². The van der Waals surface area contributed by atoms with E-state index in [9.17, 15) is 13.2 Å². The van der Waals surface area contributed by atoms with Gasteiger partial charge in [-0.05, 0) is 18.8 Å². The number of alkyl halides is 1. The molecule has 0 N–H and O–H groups in total. The Labute approximate surface area is 106 Å². The lowest BCUT2D eigenvalue weighted by Crippen LogP contribution is -2.22. The van der Waals surface area contributed by atoms with Crippen molar-refractivity contribution in [2.75, 3.05) is 13.2 Å². The van der Waals surface area contributed by atoms with Gasteiger partial charge in [0.25, 0.3) is 0 Å². The quantitative estimate of drug-likeness (QED) is 0.751. The fraction of sp³-hybridized carbons (Fsp3) is 0.500. The molecule has 1 heterocycles. The highest BCUT2D eigenvalue weighted by Crippen LogP contribution is 2.38. The normalized spacial score (nSPS) is 22.5. The summed E-state index contributed by atoms with van der Waals surface area (Å²) in [6.07, 6.45) is 1.71. The van der Waals surface area contributed by atoms with Gasteiger partial charge in [-0.15, -0.1) is 0 Å². The number of ether oxygens (including phenoxy) is 1. The summed E-state index contributed by atoms with van der Waals surface area (Å²) < 4.78 is 45.2. The van der Waals surface area contributed by atoms with Gasteiger partial charge in [-0.1, -0.05) is 15.9 Å². The molecule has 0 radical (unpaired) electrons. The van der Waals surface area contributed by atoms with Gasteiger partial charge >= 0.3 is 0 Å². The fourth-order valence-electron chi connectivity index (χ4n) is 2.05. The van der Waals surface area contributed by atoms with Gasteiger partial charge < -0.3 is 4.74 Å². The van der Waals surface area contributed by atoms with E-state index in [4.69, 9.17) is 4.74 Å². The topological polar surface area (TPSA) is 9.23 Å². The molecule has 1 nitrogen and oxygen atoms in total. The number of halogens is 4. The lowest BCUT2D eigenvalue weighted by Gasteiger charge is -2.27. The van der Waals surface area contributed by atoms with Crippen LogP contribution in [0.2, 0.25) is 0 Å². The smallest absolute Gasteiger partial charge is 0.133 e. The molecule has 1 saturated heterocycles. The zero-order valence-corrected chi connectivity index (χ0v) is 10.6. The molecule has 1 fully saturated rings. The first-order chi connectivity index (χ1) is 8.09. The maximum Gasteiger partial charge on any atom is 0.133 e. The van der Waals surface area contributed by atoms with Gasteiger partial charge in [0, 0.05) is 24.3 Å². The molecule has 2 rings (SSSR count). The Balaban J connectivity index is 2.26. The highest BCUT2D eigenvalue weighted by molar-refractivity contribution is 9.09. The molecule has 1 aliphatic rings. The molecule has 0 saturated carbocycles. The molecule has 0 spiro atoms. The zero-order chi connectivity index (χ0) is 12.4. The molecule has 2 unspecified atom stereocenters. The van der Waals surface area contributed by atoms with Crippen LogP contribution >= 0.6 is 15.9 Å². The Morgan fingerprint density at radius 2 is 1.88 bits per heavy atom. The van der Waals surface area contributed by atoms with Crippen LogP contribution < -0.4 is 0 Å². The molecular formula is C12H12BrF3O. The zero-order valence-electron chi connectivity index (χ0n) is 9.06. The molecule has 2 atom stereocenters. The van der Waals surface area contributed by atoms with Gasteiger partial charge in [-0.3, -0.25) is 0 Å². The van der Waals surface area contributed by atoms with Crippen molar-refractivity contribution in [2.24, 2.45) is 5.92 Å². The van der Waals surface area contributed by atoms with Gasteiger partial charge in [-0.25, -0.2) is 13.2 Å². The maximum atomic E-state index is 13.6. The predicted octanol–water partition coefficient (Wildman–Crippen LogP) is 3.97. The third-order valence-electron chi connectivity index (χ3n) is 2.93. The predicted molar refractivity (Wildman–Crippen MR) is 61.5 cm³/mol. The first kappa shape index (κ1) is 12.9. The van der Waals surface area contributed by atoms with E-state index in [-0.39, 0.29) is 11.5 Å². The molecule has 94 valence electrons. The van der Waals surface area contributed by atoms with Crippen molar-refractivity contribution in [2.45, 2.75) is 17.7 Å². The SMILES string of the molecule is Fc1cc(F)c(C(Br)C2CCCOC2)c(F)c1. The lowest BCUT2D eigenvalue weighted by atomic mass is 9.93. The van der Waals surface area contributed by atoms with Crippen molar-refractivity contribution in [3.8, 4) is 0 Å². The first-order valence-electron chi connectivity index (χ1n) is 5.46. The summed E-state index contributed by atoms with van der Waals surface area (Å²) >= 11 is 3.29. The third kappa shape index (κ3) is 2.83. The van der Waals surface area contributed by atoms with Crippen LogP contribution in [0.1, 0.15) is 23.2 Å². The second kappa shape index (κ2) is 5.40. The molecule has 0 aliphatic carbocycles. The Kier molecular flexibility index (Phi) is 4.09. The van der Waals surface area contributed by atoms with E-state index >= 15 is 0 Å². The standard InChI is InChI=1S/C12H12BrF3O/c13-12(7-2-1-3-17-6-7)11-9(15)4-8(14)5-10(11)16/h4-5,7,12H,1-3,6H2. The van der Waals surface area contributed by atoms with E-state index in [1.165, 1.54) is 0 Å². The fourth-order valence-corrected chi connectivity index (χ4v) is 2.90. The lowest BCUT2D eigenvalue weighted by molar-refractivity contribution is 0.0540. The molecule has 5 heteroatoms. The Morgan fingerprint density at radius 3 is 2.41 bits per heavy atom. The highest BCUT2D eigenvalue weighted by atomic mass is 79.9. The minimum atomic E-state index is -0.900. The van der Waals surface area contributed by atoms with Crippen molar-refractivity contribution < 1.29 is 17.9 Å². The Hall–Kier alpha value is -0.550. The van der Waals surface area contributed by atoms with Crippen molar-refractivity contribution in [1.29, 1.82) is 0 Å². The van der Waals surface area contributed by atoms with E-state index < -0.39 is 22.3 Å². The summed E-state index contributed by atoms with van der Waals surface area (Å²) in [5.41, 5.74) is -0.109. The van der Waals surface area contributed by atoms with Gasteiger partial charge in [0.05, 0.1) is 11.4 Å². The second-order valence-electron chi connectivity index (χ2n) is 4.16. The average Bonchev–Trinajstić information content (AvgIpc) is 2.28. The van der Waals surface area contributed by atoms with Crippen molar-refractivity contribution in [3.63, 3.8) is 0 Å². The third-order valence-corrected chi connectivity index (χ3v) is 4.13. The molecule has 1 aliphatic heterocycles. The van der Waals surface area contributed by atoms with Crippen molar-refractivity contribution >= 4 is 15.9 Å². The van der Waals surface area contributed by atoms with Gasteiger partial charge in [0.2, 0.25) is 0 Å². The monoisotopic (exact) mass is 308 g/mol. The summed E-state index contributed by atoms with van der Waals surface area (Å²) in [4.78, 5) is -0.483. The molecule has 0 amide bonds. The van der Waals surface area contributed by atoms with E-state index in [0.717, 1.165) is 12.8 Å². The Bertz CT molecular complexity index is 382. The van der Waals surface area contributed by atoms with Crippen LogP contribution in [0, 0.1) is 23.4 Å². The number of hydrogen-bond acceptors (Lipinski definition) is 1. The first-order valence-corrected chi connectivity index (χ1v) is 6.37. The van der Waals surface area contributed by atoms with Crippen LogP contribution in [0.15, 0.2) is 12.1 Å². The number of benzene rings is 1. The van der Waals surface area contributed by atoms with Gasteiger partial charge in [0.1, 0.15) is 17.5 Å². The van der Waals surface area contributed by atoms with Crippen LogP contribution in [0.3, 0.4) is 0 Å². The molecule has 1 aromatic rings. The van der Waals surface area contributed by atoms with Crippen LogP contribution in [0.5, 0.6) is 0 Å². The average molecular weight is 309 g/mol. The van der Waals surface area contributed by atoms with E-state index in [0.29, 0.717) is 25.3 Å². The Morgan fingerprint density at radius 1 is 1.24 bits per heavy atom. The van der Waals surface area contributed by atoms with Crippen LogP contribution in [-0.2, 0) is 4.74 Å². The van der Waals surface area contributed by atoms with Crippen LogP contribution in [0.25, 0.3) is 0 Å². The van der Waals surface area contributed by atoms with Crippen molar-refractivity contribution in [3.05, 3.63) is 35.1 Å². The molecule has 17 heavy (non-hydrogen) atoms. The molecule has 0 aromatic heterocycles. The molecule has 1 aromatic carbocycles.